The monoisotopic (exact) mass is 465 g/mol. The highest BCUT2D eigenvalue weighted by Gasteiger charge is 2.13. The minimum absolute atomic E-state index is 0.203. The number of ether oxygens (including phenoxy) is 1. The predicted octanol–water partition coefficient (Wildman–Crippen LogP) is 2.78. The highest BCUT2D eigenvalue weighted by atomic mass is 16.5. The van der Waals surface area contributed by atoms with E-state index in [9.17, 15) is 9.59 Å². The molecule has 4 rings (SSSR count). The van der Waals surface area contributed by atoms with Gasteiger partial charge in [0, 0.05) is 63.6 Å². The van der Waals surface area contributed by atoms with E-state index < -0.39 is 0 Å². The topological polar surface area (TPSA) is 104 Å². The highest BCUT2D eigenvalue weighted by Crippen LogP contribution is 2.27. The zero-order chi connectivity index (χ0) is 23.9. The van der Waals surface area contributed by atoms with Crippen LogP contribution in [-0.4, -0.2) is 84.8 Å². The van der Waals surface area contributed by atoms with Gasteiger partial charge in [0.1, 0.15) is 17.3 Å². The van der Waals surface area contributed by atoms with E-state index in [1.54, 1.807) is 37.6 Å². The van der Waals surface area contributed by atoms with Gasteiger partial charge in [-0.05, 0) is 50.3 Å². The molecule has 0 atom stereocenters. The zero-order valence-corrected chi connectivity index (χ0v) is 19.6. The van der Waals surface area contributed by atoms with E-state index >= 15 is 0 Å². The van der Waals surface area contributed by atoms with Crippen molar-refractivity contribution < 1.29 is 14.3 Å². The number of nitrogens with one attached hydrogen (secondary N) is 3. The van der Waals surface area contributed by atoms with Crippen LogP contribution in [-0.2, 0) is 0 Å². The number of piperazine rings is 1. The Morgan fingerprint density at radius 3 is 2.65 bits per heavy atom. The quantitative estimate of drug-likeness (QED) is 0.464. The molecule has 1 aromatic carbocycles. The Kier molecular flexibility index (Phi) is 7.61. The van der Waals surface area contributed by atoms with E-state index in [4.69, 9.17) is 4.74 Å². The van der Waals surface area contributed by atoms with Crippen LogP contribution in [0, 0.1) is 0 Å². The molecule has 3 amide bonds. The minimum Gasteiger partial charge on any atom is -0.457 e. The van der Waals surface area contributed by atoms with Crippen molar-refractivity contribution in [2.75, 3.05) is 58.7 Å². The van der Waals surface area contributed by atoms with Crippen LogP contribution in [0.15, 0.2) is 48.8 Å². The maximum atomic E-state index is 12.2. The first-order valence-corrected chi connectivity index (χ1v) is 11.4. The number of hydrogen-bond donors (Lipinski definition) is 3. The summed E-state index contributed by atoms with van der Waals surface area (Å²) < 4.78 is 7.49. The number of anilines is 1. The van der Waals surface area contributed by atoms with Gasteiger partial charge in [-0.15, -0.1) is 0 Å². The van der Waals surface area contributed by atoms with Crippen LogP contribution in [0.25, 0.3) is 10.9 Å². The van der Waals surface area contributed by atoms with Crippen molar-refractivity contribution >= 4 is 28.8 Å². The Bertz CT molecular complexity index is 1140. The second-order valence-corrected chi connectivity index (χ2v) is 8.32. The predicted molar refractivity (Wildman–Crippen MR) is 132 cm³/mol. The highest BCUT2D eigenvalue weighted by molar-refractivity contribution is 5.92. The fraction of sp³-hybridized carbons (Fsp3) is 0.375. The van der Waals surface area contributed by atoms with Crippen molar-refractivity contribution in [2.45, 2.75) is 6.42 Å². The van der Waals surface area contributed by atoms with Crippen LogP contribution >= 0.6 is 0 Å². The summed E-state index contributed by atoms with van der Waals surface area (Å²) in [5, 5.41) is 9.13. The third-order valence-corrected chi connectivity index (χ3v) is 5.84. The summed E-state index contributed by atoms with van der Waals surface area (Å²) in [6.45, 7) is 5.92. The molecule has 3 heterocycles. The maximum Gasteiger partial charge on any atom is 0.325 e. The number of hydrogen-bond acceptors (Lipinski definition) is 6. The van der Waals surface area contributed by atoms with E-state index in [2.05, 4.69) is 37.8 Å². The molecule has 0 bridgehead atoms. The maximum absolute atomic E-state index is 12.2. The molecule has 0 unspecified atom stereocenters. The molecule has 1 fully saturated rings. The van der Waals surface area contributed by atoms with Crippen molar-refractivity contribution in [3.63, 3.8) is 0 Å². The molecule has 1 saturated heterocycles. The van der Waals surface area contributed by atoms with Gasteiger partial charge in [-0.25, -0.2) is 14.6 Å². The number of rotatable bonds is 7. The van der Waals surface area contributed by atoms with E-state index in [1.165, 1.54) is 4.57 Å². The number of fused-ring (bicyclic) bond motifs is 1. The lowest BCUT2D eigenvalue weighted by atomic mass is 10.2. The number of carbonyl (C=O) groups excluding carboxylic acids is 2. The number of carbonyl (C=O) groups is 2. The Morgan fingerprint density at radius 2 is 1.85 bits per heavy atom. The van der Waals surface area contributed by atoms with Crippen LogP contribution in [0.5, 0.6) is 11.5 Å². The summed E-state index contributed by atoms with van der Waals surface area (Å²) in [7, 11) is 3.73. The molecule has 3 N–H and O–H groups in total. The number of urea groups is 1. The summed E-state index contributed by atoms with van der Waals surface area (Å²) in [6.07, 6.45) is 4.20. The number of amides is 3. The van der Waals surface area contributed by atoms with Gasteiger partial charge in [0.15, 0.2) is 0 Å². The SMILES string of the molecule is CNC(=O)n1ccc2cc(Oc3ccnc(NC(=O)NCCCN4CCN(C)CC4)c3)ccc21. The van der Waals surface area contributed by atoms with Gasteiger partial charge >= 0.3 is 12.1 Å². The second-order valence-electron chi connectivity index (χ2n) is 8.32. The first-order valence-electron chi connectivity index (χ1n) is 11.4. The summed E-state index contributed by atoms with van der Waals surface area (Å²) in [4.78, 5) is 33.1. The van der Waals surface area contributed by atoms with E-state index in [0.717, 1.165) is 50.0 Å². The Balaban J connectivity index is 1.27. The number of benzene rings is 1. The van der Waals surface area contributed by atoms with Crippen LogP contribution in [0.1, 0.15) is 6.42 Å². The fourth-order valence-electron chi connectivity index (χ4n) is 3.90. The smallest absolute Gasteiger partial charge is 0.325 e. The van der Waals surface area contributed by atoms with Crippen molar-refractivity contribution in [3.8, 4) is 11.5 Å². The average Bonchev–Trinajstić information content (AvgIpc) is 3.26. The van der Waals surface area contributed by atoms with Crippen LogP contribution in [0.4, 0.5) is 15.4 Å². The van der Waals surface area contributed by atoms with Gasteiger partial charge in [-0.3, -0.25) is 9.88 Å². The van der Waals surface area contributed by atoms with Gasteiger partial charge in [-0.2, -0.15) is 0 Å². The molecule has 180 valence electrons. The van der Waals surface area contributed by atoms with Crippen molar-refractivity contribution in [3.05, 3.63) is 48.8 Å². The molecule has 0 saturated carbocycles. The van der Waals surface area contributed by atoms with Crippen LogP contribution in [0.3, 0.4) is 0 Å². The number of likely N-dealkylation sites (N-methyl/N-ethyl adjacent to an activating group) is 1. The second kappa shape index (κ2) is 11.0. The molecule has 3 aromatic rings. The molecule has 1 aliphatic rings. The van der Waals surface area contributed by atoms with Crippen LogP contribution in [0.2, 0.25) is 0 Å². The molecule has 0 aliphatic carbocycles. The Morgan fingerprint density at radius 1 is 1.06 bits per heavy atom. The van der Waals surface area contributed by atoms with Crippen molar-refractivity contribution in [1.29, 1.82) is 0 Å². The van der Waals surface area contributed by atoms with Gasteiger partial charge < -0.3 is 25.2 Å². The molecular weight excluding hydrogens is 434 g/mol. The van der Waals surface area contributed by atoms with Crippen molar-refractivity contribution in [2.24, 2.45) is 0 Å². The summed E-state index contributed by atoms with van der Waals surface area (Å²) in [5.74, 6) is 1.57. The molecule has 2 aromatic heterocycles. The number of aromatic nitrogens is 2. The summed E-state index contributed by atoms with van der Waals surface area (Å²) in [6, 6.07) is 10.2. The fourth-order valence-corrected chi connectivity index (χ4v) is 3.90. The third kappa shape index (κ3) is 6.03. The largest absolute Gasteiger partial charge is 0.457 e. The minimum atomic E-state index is -0.292. The molecular formula is C24H31N7O3. The summed E-state index contributed by atoms with van der Waals surface area (Å²) >= 11 is 0. The number of pyridine rings is 1. The molecule has 10 nitrogen and oxygen atoms in total. The summed E-state index contributed by atoms with van der Waals surface area (Å²) in [5.41, 5.74) is 0.785. The Hall–Kier alpha value is -3.63. The number of nitrogens with zero attached hydrogens (tertiary/aromatic N) is 4. The molecule has 0 spiro atoms. The van der Waals surface area contributed by atoms with E-state index in [1.807, 2.05) is 18.2 Å². The van der Waals surface area contributed by atoms with E-state index in [0.29, 0.717) is 23.9 Å². The lowest BCUT2D eigenvalue weighted by molar-refractivity contribution is 0.153. The zero-order valence-electron chi connectivity index (χ0n) is 19.6. The lowest BCUT2D eigenvalue weighted by Crippen LogP contribution is -2.45. The van der Waals surface area contributed by atoms with E-state index in [-0.39, 0.29) is 12.1 Å². The third-order valence-electron chi connectivity index (χ3n) is 5.84. The molecule has 1 aliphatic heterocycles. The Labute approximate surface area is 198 Å². The van der Waals surface area contributed by atoms with Gasteiger partial charge in [-0.1, -0.05) is 0 Å². The van der Waals surface area contributed by atoms with Gasteiger partial charge in [0.2, 0.25) is 0 Å². The molecule has 34 heavy (non-hydrogen) atoms. The van der Waals surface area contributed by atoms with Crippen LogP contribution < -0.4 is 20.7 Å². The standard InChI is InChI=1S/C24H31N7O3/c1-25-24(33)31-11-7-18-16-19(4-5-21(18)31)34-20-6-9-26-22(17-20)28-23(32)27-8-3-10-30-14-12-29(2)13-15-30/h4-7,9,11,16-17H,3,8,10,12-15H2,1-2H3,(H,25,33)(H2,26,27,28,32). The van der Waals surface area contributed by atoms with Gasteiger partial charge in [0.05, 0.1) is 5.52 Å². The van der Waals surface area contributed by atoms with Gasteiger partial charge in [0.25, 0.3) is 0 Å². The first kappa shape index (κ1) is 23.5. The molecule has 10 heteroatoms. The van der Waals surface area contributed by atoms with Crippen molar-refractivity contribution in [1.82, 2.24) is 30.0 Å². The first-order chi connectivity index (χ1) is 16.5. The lowest BCUT2D eigenvalue weighted by Gasteiger charge is -2.32. The molecule has 0 radical (unpaired) electrons. The average molecular weight is 466 g/mol. The normalized spacial score (nSPS) is 14.6.